The van der Waals surface area contributed by atoms with Crippen molar-refractivity contribution in [1.82, 2.24) is 10.6 Å². The van der Waals surface area contributed by atoms with Gasteiger partial charge in [-0.1, -0.05) is 0 Å². The number of alkyl halides is 2. The van der Waals surface area contributed by atoms with Crippen molar-refractivity contribution in [2.75, 3.05) is 33.4 Å². The molecule has 2 N–H and O–H groups in total. The van der Waals surface area contributed by atoms with Gasteiger partial charge >= 0.3 is 5.92 Å². The molecule has 1 rings (SSSR count). The van der Waals surface area contributed by atoms with Crippen LogP contribution in [0.3, 0.4) is 0 Å². The molecular weight excluding hydrogens is 309 g/mol. The van der Waals surface area contributed by atoms with Gasteiger partial charge in [-0.05, 0) is 24.3 Å². The quantitative estimate of drug-likeness (QED) is 0.715. The molecule has 0 aliphatic heterocycles. The Hall–Kier alpha value is -1.31. The fourth-order valence-corrected chi connectivity index (χ4v) is 1.46. The van der Waals surface area contributed by atoms with Crippen LogP contribution in [0, 0.1) is 5.82 Å². The van der Waals surface area contributed by atoms with E-state index < -0.39 is 23.2 Å². The van der Waals surface area contributed by atoms with E-state index in [9.17, 15) is 18.0 Å². The van der Waals surface area contributed by atoms with Crippen LogP contribution in [0.4, 0.5) is 13.2 Å². The monoisotopic (exact) mass is 326 g/mol. The van der Waals surface area contributed by atoms with Crippen molar-refractivity contribution < 1.29 is 22.7 Å². The predicted octanol–water partition coefficient (Wildman–Crippen LogP) is 1.69. The highest BCUT2D eigenvalue weighted by Crippen LogP contribution is 2.28. The number of rotatable bonds is 8. The van der Waals surface area contributed by atoms with Gasteiger partial charge in [0.2, 0.25) is 0 Å². The normalized spacial score (nSPS) is 10.9. The number of amides is 1. The predicted molar refractivity (Wildman–Crippen MR) is 75.3 cm³/mol. The minimum Gasteiger partial charge on any atom is -0.383 e. The van der Waals surface area contributed by atoms with Gasteiger partial charge in [0.1, 0.15) is 5.82 Å². The molecular formula is C13H18ClF3N2O2. The van der Waals surface area contributed by atoms with E-state index in [0.29, 0.717) is 19.7 Å². The van der Waals surface area contributed by atoms with Crippen LogP contribution in [0.2, 0.25) is 0 Å². The van der Waals surface area contributed by atoms with E-state index in [1.807, 2.05) is 0 Å². The Morgan fingerprint density at radius 3 is 2.38 bits per heavy atom. The van der Waals surface area contributed by atoms with E-state index in [2.05, 4.69) is 10.6 Å². The Labute approximate surface area is 127 Å². The SMILES string of the molecule is COCCNCCNC(=O)C(F)(F)c1ccc(F)cc1.Cl. The van der Waals surface area contributed by atoms with Crippen molar-refractivity contribution in [1.29, 1.82) is 0 Å². The molecule has 1 aromatic carbocycles. The van der Waals surface area contributed by atoms with E-state index in [4.69, 9.17) is 4.74 Å². The molecule has 0 unspecified atom stereocenters. The lowest BCUT2D eigenvalue weighted by atomic mass is 10.1. The van der Waals surface area contributed by atoms with Crippen LogP contribution in [0.25, 0.3) is 0 Å². The standard InChI is InChI=1S/C13H17F3N2O2.ClH/c1-20-9-8-17-6-7-18-12(19)13(15,16)10-2-4-11(14)5-3-10;/h2-5,17H,6-9H2,1H3,(H,18,19);1H. The second-order valence-electron chi connectivity index (χ2n) is 4.08. The van der Waals surface area contributed by atoms with Crippen LogP contribution in [-0.4, -0.2) is 39.3 Å². The number of hydrogen-bond donors (Lipinski definition) is 2. The summed E-state index contributed by atoms with van der Waals surface area (Å²) in [5.41, 5.74) is -0.538. The minimum absolute atomic E-state index is 0. The van der Waals surface area contributed by atoms with Gasteiger partial charge < -0.3 is 15.4 Å². The maximum absolute atomic E-state index is 13.7. The summed E-state index contributed by atoms with van der Waals surface area (Å²) in [4.78, 5) is 11.4. The smallest absolute Gasteiger partial charge is 0.349 e. The Morgan fingerprint density at radius 1 is 1.19 bits per heavy atom. The number of ether oxygens (including phenoxy) is 1. The highest BCUT2D eigenvalue weighted by Gasteiger charge is 2.40. The number of nitrogens with one attached hydrogen (secondary N) is 2. The van der Waals surface area contributed by atoms with Gasteiger partial charge in [-0.2, -0.15) is 8.78 Å². The summed E-state index contributed by atoms with van der Waals surface area (Å²) in [6.07, 6.45) is 0. The number of carbonyl (C=O) groups excluding carboxylic acids is 1. The zero-order valence-electron chi connectivity index (χ0n) is 11.5. The van der Waals surface area contributed by atoms with Gasteiger partial charge in [-0.3, -0.25) is 4.79 Å². The molecule has 120 valence electrons. The number of hydrogen-bond acceptors (Lipinski definition) is 3. The molecule has 0 saturated heterocycles. The first-order valence-corrected chi connectivity index (χ1v) is 6.10. The first-order valence-electron chi connectivity index (χ1n) is 6.10. The molecule has 8 heteroatoms. The maximum Gasteiger partial charge on any atom is 0.349 e. The average molecular weight is 327 g/mol. The molecule has 0 aromatic heterocycles. The first-order chi connectivity index (χ1) is 9.48. The van der Waals surface area contributed by atoms with E-state index in [1.54, 1.807) is 7.11 Å². The highest BCUT2D eigenvalue weighted by molar-refractivity contribution is 5.85. The zero-order valence-corrected chi connectivity index (χ0v) is 12.3. The van der Waals surface area contributed by atoms with Gasteiger partial charge in [-0.25, -0.2) is 4.39 Å². The Balaban J connectivity index is 0.00000400. The summed E-state index contributed by atoms with van der Waals surface area (Å²) in [6, 6.07) is 3.57. The van der Waals surface area contributed by atoms with E-state index in [1.165, 1.54) is 0 Å². The lowest BCUT2D eigenvalue weighted by Gasteiger charge is -2.16. The number of carbonyl (C=O) groups is 1. The molecule has 0 spiro atoms. The van der Waals surface area contributed by atoms with Gasteiger partial charge in [0, 0.05) is 32.3 Å². The number of halogens is 4. The van der Waals surface area contributed by atoms with Crippen LogP contribution in [-0.2, 0) is 15.5 Å². The van der Waals surface area contributed by atoms with Crippen LogP contribution in [0.5, 0.6) is 0 Å². The third kappa shape index (κ3) is 6.33. The van der Waals surface area contributed by atoms with E-state index in [0.717, 1.165) is 24.3 Å². The van der Waals surface area contributed by atoms with Gasteiger partial charge in [-0.15, -0.1) is 12.4 Å². The zero-order chi connectivity index (χ0) is 15.0. The third-order valence-electron chi connectivity index (χ3n) is 2.56. The van der Waals surface area contributed by atoms with Crippen LogP contribution in [0.15, 0.2) is 24.3 Å². The topological polar surface area (TPSA) is 50.4 Å². The molecule has 0 radical (unpaired) electrons. The lowest BCUT2D eigenvalue weighted by molar-refractivity contribution is -0.146. The molecule has 0 bridgehead atoms. The van der Waals surface area contributed by atoms with Crippen molar-refractivity contribution in [3.8, 4) is 0 Å². The first kappa shape index (κ1) is 19.7. The molecule has 0 aliphatic carbocycles. The minimum atomic E-state index is -3.68. The second kappa shape index (κ2) is 9.59. The summed E-state index contributed by atoms with van der Waals surface area (Å²) in [5.74, 6) is -5.72. The van der Waals surface area contributed by atoms with Crippen LogP contribution < -0.4 is 10.6 Å². The summed E-state index contributed by atoms with van der Waals surface area (Å²) in [7, 11) is 1.55. The molecule has 0 fully saturated rings. The molecule has 0 heterocycles. The fourth-order valence-electron chi connectivity index (χ4n) is 1.46. The molecule has 0 saturated carbocycles. The number of benzene rings is 1. The second-order valence-corrected chi connectivity index (χ2v) is 4.08. The van der Waals surface area contributed by atoms with Crippen molar-refractivity contribution in [2.24, 2.45) is 0 Å². The van der Waals surface area contributed by atoms with Crippen molar-refractivity contribution >= 4 is 18.3 Å². The molecule has 1 amide bonds. The van der Waals surface area contributed by atoms with Crippen LogP contribution in [0.1, 0.15) is 5.56 Å². The largest absolute Gasteiger partial charge is 0.383 e. The summed E-state index contributed by atoms with van der Waals surface area (Å²) in [6.45, 7) is 1.49. The maximum atomic E-state index is 13.7. The summed E-state index contributed by atoms with van der Waals surface area (Å²) < 4.78 is 44.9. The van der Waals surface area contributed by atoms with Crippen LogP contribution >= 0.6 is 12.4 Å². The van der Waals surface area contributed by atoms with E-state index in [-0.39, 0.29) is 19.0 Å². The summed E-state index contributed by atoms with van der Waals surface area (Å²) >= 11 is 0. The average Bonchev–Trinajstić information content (AvgIpc) is 2.43. The number of methoxy groups -OCH3 is 1. The molecule has 21 heavy (non-hydrogen) atoms. The van der Waals surface area contributed by atoms with Gasteiger partial charge in [0.25, 0.3) is 5.91 Å². The van der Waals surface area contributed by atoms with Crippen molar-refractivity contribution in [3.63, 3.8) is 0 Å². The molecule has 1 aromatic rings. The van der Waals surface area contributed by atoms with E-state index >= 15 is 0 Å². The van der Waals surface area contributed by atoms with Gasteiger partial charge in [0.15, 0.2) is 0 Å². The lowest BCUT2D eigenvalue weighted by Crippen LogP contribution is -2.41. The Kier molecular flexibility index (Phi) is 9.00. The highest BCUT2D eigenvalue weighted by atomic mass is 35.5. The Bertz CT molecular complexity index is 430. The van der Waals surface area contributed by atoms with Crippen molar-refractivity contribution in [2.45, 2.75) is 5.92 Å². The van der Waals surface area contributed by atoms with Crippen molar-refractivity contribution in [3.05, 3.63) is 35.6 Å². The molecule has 0 aliphatic rings. The third-order valence-corrected chi connectivity index (χ3v) is 2.56. The molecule has 4 nitrogen and oxygen atoms in total. The Morgan fingerprint density at radius 2 is 1.81 bits per heavy atom. The fraction of sp³-hybridized carbons (Fsp3) is 0.462. The summed E-state index contributed by atoms with van der Waals surface area (Å²) in [5, 5.41) is 5.03. The molecule has 0 atom stereocenters. The van der Waals surface area contributed by atoms with Gasteiger partial charge in [0.05, 0.1) is 6.61 Å².